The Morgan fingerprint density at radius 1 is 0.889 bits per heavy atom. The molecule has 0 radical (unpaired) electrons. The highest BCUT2D eigenvalue weighted by Gasteiger charge is 2.22. The van der Waals surface area contributed by atoms with E-state index in [-0.39, 0.29) is 5.91 Å². The number of carbonyl (C=O) groups is 2. The van der Waals surface area contributed by atoms with Crippen molar-refractivity contribution < 1.29 is 14.3 Å². The summed E-state index contributed by atoms with van der Waals surface area (Å²) in [6.07, 6.45) is 2.82. The number of halogens is 1. The number of carbonyl (C=O) groups excluding carboxylic acids is 2. The highest BCUT2D eigenvalue weighted by Crippen LogP contribution is 2.24. The molecule has 188 valence electrons. The molecular weight excluding hydrogens is 476 g/mol. The second-order valence-electron chi connectivity index (χ2n) is 8.76. The SMILES string of the molecule is O=C(Nc1ccc(Oc2ccc(Cl)cc2)cc1)N[C@@H](Cc1ccccc1)C(=O)NCCN1CCCC1. The minimum Gasteiger partial charge on any atom is -0.457 e. The van der Waals surface area contributed by atoms with Crippen molar-refractivity contribution in [2.24, 2.45) is 0 Å². The van der Waals surface area contributed by atoms with E-state index in [1.165, 1.54) is 12.8 Å². The van der Waals surface area contributed by atoms with E-state index < -0.39 is 12.1 Å². The Balaban J connectivity index is 1.32. The molecule has 0 aliphatic carbocycles. The van der Waals surface area contributed by atoms with Gasteiger partial charge in [0.15, 0.2) is 0 Å². The maximum Gasteiger partial charge on any atom is 0.319 e. The number of hydrogen-bond acceptors (Lipinski definition) is 4. The number of nitrogens with zero attached hydrogens (tertiary/aromatic N) is 1. The van der Waals surface area contributed by atoms with E-state index >= 15 is 0 Å². The van der Waals surface area contributed by atoms with Gasteiger partial charge in [-0.3, -0.25) is 4.79 Å². The lowest BCUT2D eigenvalue weighted by Crippen LogP contribution is -2.50. The van der Waals surface area contributed by atoms with E-state index in [1.54, 1.807) is 48.5 Å². The first-order valence-electron chi connectivity index (χ1n) is 12.2. The smallest absolute Gasteiger partial charge is 0.319 e. The lowest BCUT2D eigenvalue weighted by atomic mass is 10.1. The number of hydrogen-bond donors (Lipinski definition) is 3. The molecule has 1 heterocycles. The molecule has 0 bridgehead atoms. The zero-order valence-electron chi connectivity index (χ0n) is 20.1. The summed E-state index contributed by atoms with van der Waals surface area (Å²) in [6, 6.07) is 22.6. The third-order valence-corrected chi connectivity index (χ3v) is 6.24. The normalized spacial score (nSPS) is 14.1. The number of nitrogens with one attached hydrogen (secondary N) is 3. The molecule has 7 nitrogen and oxygen atoms in total. The van der Waals surface area contributed by atoms with Crippen molar-refractivity contribution in [2.45, 2.75) is 25.3 Å². The Hall–Kier alpha value is -3.55. The van der Waals surface area contributed by atoms with E-state index in [0.717, 1.165) is 25.2 Å². The molecule has 4 rings (SSSR count). The molecular formula is C28H31ClN4O3. The molecule has 0 spiro atoms. The number of urea groups is 1. The predicted octanol–water partition coefficient (Wildman–Crippen LogP) is 5.08. The van der Waals surface area contributed by atoms with Crippen molar-refractivity contribution in [3.8, 4) is 11.5 Å². The number of rotatable bonds is 10. The van der Waals surface area contributed by atoms with Crippen molar-refractivity contribution in [3.63, 3.8) is 0 Å². The van der Waals surface area contributed by atoms with Crippen LogP contribution in [0.2, 0.25) is 5.02 Å². The minimum atomic E-state index is -0.696. The van der Waals surface area contributed by atoms with Crippen LogP contribution in [-0.2, 0) is 11.2 Å². The zero-order chi connectivity index (χ0) is 25.2. The fraction of sp³-hybridized carbons (Fsp3) is 0.286. The fourth-order valence-electron chi connectivity index (χ4n) is 4.10. The molecule has 36 heavy (non-hydrogen) atoms. The Morgan fingerprint density at radius 2 is 1.53 bits per heavy atom. The van der Waals surface area contributed by atoms with Crippen LogP contribution in [0.25, 0.3) is 0 Å². The minimum absolute atomic E-state index is 0.195. The Labute approximate surface area is 216 Å². The number of amides is 3. The number of benzene rings is 3. The Bertz CT molecular complexity index is 1120. The average molecular weight is 507 g/mol. The predicted molar refractivity (Wildman–Crippen MR) is 143 cm³/mol. The molecule has 3 amide bonds. The van der Waals surface area contributed by atoms with Gasteiger partial charge in [0.25, 0.3) is 0 Å². The third kappa shape index (κ3) is 8.00. The van der Waals surface area contributed by atoms with Gasteiger partial charge in [0.2, 0.25) is 5.91 Å². The molecule has 1 atom stereocenters. The van der Waals surface area contributed by atoms with Gasteiger partial charge in [-0.1, -0.05) is 41.9 Å². The van der Waals surface area contributed by atoms with Gasteiger partial charge in [-0.15, -0.1) is 0 Å². The van der Waals surface area contributed by atoms with Gasteiger partial charge in [-0.2, -0.15) is 0 Å². The van der Waals surface area contributed by atoms with E-state index in [2.05, 4.69) is 20.9 Å². The molecule has 1 aliphatic rings. The Morgan fingerprint density at radius 3 is 2.19 bits per heavy atom. The van der Waals surface area contributed by atoms with Crippen LogP contribution >= 0.6 is 11.6 Å². The van der Waals surface area contributed by atoms with Gasteiger partial charge in [-0.05, 0) is 80.0 Å². The lowest BCUT2D eigenvalue weighted by Gasteiger charge is -2.20. The van der Waals surface area contributed by atoms with Crippen LogP contribution in [-0.4, -0.2) is 49.1 Å². The van der Waals surface area contributed by atoms with Gasteiger partial charge >= 0.3 is 6.03 Å². The van der Waals surface area contributed by atoms with Crippen LogP contribution in [0.15, 0.2) is 78.9 Å². The van der Waals surface area contributed by atoms with E-state index in [9.17, 15) is 9.59 Å². The largest absolute Gasteiger partial charge is 0.457 e. The summed E-state index contributed by atoms with van der Waals surface area (Å²) in [5.41, 5.74) is 1.56. The standard InChI is InChI=1S/C28H31ClN4O3/c29-22-8-12-24(13-9-22)36-25-14-10-23(11-15-25)31-28(35)32-26(20-21-6-2-1-3-7-21)27(34)30-16-19-33-17-4-5-18-33/h1-3,6-15,26H,4-5,16-20H2,(H,30,34)(H2,31,32,35)/t26-/m0/s1. The van der Waals surface area contributed by atoms with Crippen molar-refractivity contribution in [3.05, 3.63) is 89.4 Å². The van der Waals surface area contributed by atoms with Gasteiger partial charge in [0, 0.05) is 30.2 Å². The zero-order valence-corrected chi connectivity index (χ0v) is 20.8. The summed E-state index contributed by atoms with van der Waals surface area (Å²) in [5.74, 6) is 1.10. The Kier molecular flexibility index (Phi) is 9.19. The van der Waals surface area contributed by atoms with Crippen LogP contribution < -0.4 is 20.7 Å². The van der Waals surface area contributed by atoms with Crippen molar-refractivity contribution in [1.82, 2.24) is 15.5 Å². The molecule has 0 aromatic heterocycles. The average Bonchev–Trinajstić information content (AvgIpc) is 3.40. The second-order valence-corrected chi connectivity index (χ2v) is 9.20. The molecule has 3 aromatic rings. The molecule has 1 aliphatic heterocycles. The van der Waals surface area contributed by atoms with Crippen LogP contribution in [0, 0.1) is 0 Å². The fourth-order valence-corrected chi connectivity index (χ4v) is 4.22. The van der Waals surface area contributed by atoms with Gasteiger partial charge in [0.05, 0.1) is 0 Å². The first kappa shape index (κ1) is 25.5. The van der Waals surface area contributed by atoms with Crippen LogP contribution in [0.5, 0.6) is 11.5 Å². The van der Waals surface area contributed by atoms with Gasteiger partial charge in [0.1, 0.15) is 17.5 Å². The molecule has 8 heteroatoms. The van der Waals surface area contributed by atoms with Crippen LogP contribution in [0.1, 0.15) is 18.4 Å². The van der Waals surface area contributed by atoms with Crippen LogP contribution in [0.4, 0.5) is 10.5 Å². The van der Waals surface area contributed by atoms with E-state index in [1.807, 2.05) is 30.3 Å². The van der Waals surface area contributed by atoms with Crippen molar-refractivity contribution in [1.29, 1.82) is 0 Å². The molecule has 3 aromatic carbocycles. The first-order valence-corrected chi connectivity index (χ1v) is 12.6. The molecule has 1 fully saturated rings. The summed E-state index contributed by atoms with van der Waals surface area (Å²) in [4.78, 5) is 28.0. The first-order chi connectivity index (χ1) is 17.5. The maximum absolute atomic E-state index is 13.0. The van der Waals surface area contributed by atoms with Crippen molar-refractivity contribution >= 4 is 29.2 Å². The topological polar surface area (TPSA) is 82.7 Å². The van der Waals surface area contributed by atoms with E-state index in [4.69, 9.17) is 16.3 Å². The van der Waals surface area contributed by atoms with Gasteiger partial charge < -0.3 is 25.6 Å². The van der Waals surface area contributed by atoms with E-state index in [0.29, 0.717) is 35.2 Å². The maximum atomic E-state index is 13.0. The second kappa shape index (κ2) is 13.0. The summed E-state index contributed by atoms with van der Waals surface area (Å²) >= 11 is 5.91. The molecule has 1 saturated heterocycles. The quantitative estimate of drug-likeness (QED) is 0.358. The third-order valence-electron chi connectivity index (χ3n) is 5.99. The monoisotopic (exact) mass is 506 g/mol. The number of anilines is 1. The highest BCUT2D eigenvalue weighted by atomic mass is 35.5. The molecule has 3 N–H and O–H groups in total. The lowest BCUT2D eigenvalue weighted by molar-refractivity contribution is -0.122. The highest BCUT2D eigenvalue weighted by molar-refractivity contribution is 6.30. The summed E-state index contributed by atoms with van der Waals surface area (Å²) < 4.78 is 5.79. The van der Waals surface area contributed by atoms with Gasteiger partial charge in [-0.25, -0.2) is 4.79 Å². The summed E-state index contributed by atoms with van der Waals surface area (Å²) in [5, 5.41) is 9.26. The van der Waals surface area contributed by atoms with Crippen molar-refractivity contribution in [2.75, 3.05) is 31.5 Å². The molecule has 0 unspecified atom stereocenters. The summed E-state index contributed by atoms with van der Waals surface area (Å²) in [6.45, 7) is 3.53. The number of ether oxygens (including phenoxy) is 1. The van der Waals surface area contributed by atoms with Crippen LogP contribution in [0.3, 0.4) is 0 Å². The molecule has 0 saturated carbocycles. The number of likely N-dealkylation sites (tertiary alicyclic amines) is 1. The summed E-state index contributed by atoms with van der Waals surface area (Å²) in [7, 11) is 0.